The average Bonchev–Trinajstić information content (AvgIpc) is 2.22. The summed E-state index contributed by atoms with van der Waals surface area (Å²) >= 11 is 0. The Kier molecular flexibility index (Phi) is 3.28. The molecule has 1 aromatic rings. The molecule has 1 fully saturated rings. The highest BCUT2D eigenvalue weighted by molar-refractivity contribution is 5.94. The molecule has 1 aliphatic rings. The van der Waals surface area contributed by atoms with Crippen LogP contribution in [-0.2, 0) is 0 Å². The molecule has 3 N–H and O–H groups in total. The van der Waals surface area contributed by atoms with Gasteiger partial charge in [0.25, 0.3) is 0 Å². The van der Waals surface area contributed by atoms with Gasteiger partial charge in [0.1, 0.15) is 11.4 Å². The maximum atomic E-state index is 13.3. The van der Waals surface area contributed by atoms with Crippen molar-refractivity contribution < 1.29 is 19.4 Å². The number of aliphatic hydroxyl groups is 1. The number of carbonyl (C=O) groups is 1. The van der Waals surface area contributed by atoms with Crippen molar-refractivity contribution >= 4 is 11.7 Å². The Labute approximate surface area is 98.1 Å². The highest BCUT2D eigenvalue weighted by Gasteiger charge is 2.27. The van der Waals surface area contributed by atoms with Crippen LogP contribution in [0, 0.1) is 11.7 Å². The van der Waals surface area contributed by atoms with E-state index in [0.29, 0.717) is 31.0 Å². The number of carboxylic acids is 1. The first-order chi connectivity index (χ1) is 8.08. The summed E-state index contributed by atoms with van der Waals surface area (Å²) in [4.78, 5) is 10.9. The first kappa shape index (κ1) is 11.9. The van der Waals surface area contributed by atoms with Gasteiger partial charge >= 0.3 is 5.97 Å². The quantitative estimate of drug-likeness (QED) is 0.748. The van der Waals surface area contributed by atoms with Crippen molar-refractivity contribution in [1.82, 2.24) is 0 Å². The molecule has 0 heterocycles. The van der Waals surface area contributed by atoms with Crippen LogP contribution in [-0.4, -0.2) is 28.8 Å². The van der Waals surface area contributed by atoms with Gasteiger partial charge in [-0.2, -0.15) is 0 Å². The van der Waals surface area contributed by atoms with E-state index in [1.54, 1.807) is 6.07 Å². The van der Waals surface area contributed by atoms with Crippen molar-refractivity contribution in [2.45, 2.75) is 18.9 Å². The van der Waals surface area contributed by atoms with Crippen LogP contribution in [0.5, 0.6) is 0 Å². The summed E-state index contributed by atoms with van der Waals surface area (Å²) in [7, 11) is 0. The summed E-state index contributed by atoms with van der Waals surface area (Å²) in [5.74, 6) is -1.69. The van der Waals surface area contributed by atoms with Crippen LogP contribution in [0.25, 0.3) is 0 Å². The van der Waals surface area contributed by atoms with E-state index in [4.69, 9.17) is 10.2 Å². The van der Waals surface area contributed by atoms with Gasteiger partial charge in [0.2, 0.25) is 0 Å². The molecule has 5 heteroatoms. The van der Waals surface area contributed by atoms with Crippen LogP contribution in [0.3, 0.4) is 0 Å². The maximum absolute atomic E-state index is 13.3. The van der Waals surface area contributed by atoms with Gasteiger partial charge in [-0.3, -0.25) is 0 Å². The second-order valence-corrected chi connectivity index (χ2v) is 4.34. The van der Waals surface area contributed by atoms with E-state index in [-0.39, 0.29) is 11.7 Å². The van der Waals surface area contributed by atoms with Gasteiger partial charge in [-0.05, 0) is 30.9 Å². The number of aliphatic hydroxyl groups excluding tert-OH is 1. The molecule has 0 spiro atoms. The van der Waals surface area contributed by atoms with Gasteiger partial charge in [-0.1, -0.05) is 6.07 Å². The lowest BCUT2D eigenvalue weighted by atomic mass is 9.82. The Morgan fingerprint density at radius 3 is 2.76 bits per heavy atom. The second-order valence-electron chi connectivity index (χ2n) is 4.34. The van der Waals surface area contributed by atoms with Gasteiger partial charge in [-0.25, -0.2) is 9.18 Å². The second kappa shape index (κ2) is 4.71. The molecule has 0 aromatic heterocycles. The lowest BCUT2D eigenvalue weighted by Gasteiger charge is -2.31. The summed E-state index contributed by atoms with van der Waals surface area (Å²) in [5.41, 5.74) is -0.0359. The molecule has 1 aliphatic carbocycles. The molecule has 0 amide bonds. The number of carboxylic acid groups (broad SMARTS) is 1. The van der Waals surface area contributed by atoms with Crippen molar-refractivity contribution in [2.75, 3.05) is 11.9 Å². The van der Waals surface area contributed by atoms with E-state index < -0.39 is 11.8 Å². The molecule has 17 heavy (non-hydrogen) atoms. The summed E-state index contributed by atoms with van der Waals surface area (Å²) in [6.45, 7) is 0.556. The molecule has 92 valence electrons. The lowest BCUT2D eigenvalue weighted by molar-refractivity contribution is 0.0486. The molecule has 0 saturated heterocycles. The number of halogens is 1. The van der Waals surface area contributed by atoms with Crippen LogP contribution in [0.15, 0.2) is 18.2 Å². The number of nitrogens with one attached hydrogen (secondary N) is 1. The minimum atomic E-state index is -1.28. The molecule has 2 rings (SSSR count). The fourth-order valence-corrected chi connectivity index (χ4v) is 2.01. The Balaban J connectivity index is 2.05. The first-order valence-corrected chi connectivity index (χ1v) is 5.51. The number of aromatic carboxylic acids is 1. The molecule has 0 unspecified atom stereocenters. The molecule has 0 atom stereocenters. The van der Waals surface area contributed by atoms with Crippen LogP contribution in [0.1, 0.15) is 23.2 Å². The van der Waals surface area contributed by atoms with E-state index >= 15 is 0 Å². The first-order valence-electron chi connectivity index (χ1n) is 5.51. The smallest absolute Gasteiger partial charge is 0.340 e. The highest BCUT2D eigenvalue weighted by atomic mass is 19.1. The van der Waals surface area contributed by atoms with Crippen molar-refractivity contribution in [3.8, 4) is 0 Å². The third-order valence-corrected chi connectivity index (χ3v) is 3.02. The third-order valence-electron chi connectivity index (χ3n) is 3.02. The zero-order valence-electron chi connectivity index (χ0n) is 9.19. The predicted octanol–water partition coefficient (Wildman–Crippen LogP) is 1.71. The Morgan fingerprint density at radius 2 is 2.18 bits per heavy atom. The minimum absolute atomic E-state index is 0.242. The van der Waals surface area contributed by atoms with E-state index in [9.17, 15) is 9.18 Å². The predicted molar refractivity (Wildman–Crippen MR) is 60.6 cm³/mol. The molecule has 0 aliphatic heterocycles. The summed E-state index contributed by atoms with van der Waals surface area (Å²) < 4.78 is 13.3. The van der Waals surface area contributed by atoms with Crippen LogP contribution in [0.2, 0.25) is 0 Å². The fraction of sp³-hybridized carbons (Fsp3) is 0.417. The van der Waals surface area contributed by atoms with Gasteiger partial charge < -0.3 is 15.5 Å². The zero-order chi connectivity index (χ0) is 12.4. The van der Waals surface area contributed by atoms with Gasteiger partial charge in [-0.15, -0.1) is 0 Å². The summed E-state index contributed by atoms with van der Waals surface area (Å²) in [5, 5.41) is 21.0. The minimum Gasteiger partial charge on any atom is -0.478 e. The van der Waals surface area contributed by atoms with Crippen LogP contribution >= 0.6 is 0 Å². The van der Waals surface area contributed by atoms with E-state index in [1.807, 2.05) is 0 Å². The number of rotatable bonds is 4. The maximum Gasteiger partial charge on any atom is 0.340 e. The standard InChI is InChI=1S/C12H14FNO3/c13-9-2-1-3-10(11(9)12(16)17)14-6-7-4-8(15)5-7/h1-3,7-8,14-15H,4-6H2,(H,16,17). The number of hydrogen-bond donors (Lipinski definition) is 3. The molecular formula is C12H14FNO3. The number of benzene rings is 1. The lowest BCUT2D eigenvalue weighted by Crippen LogP contribution is -2.33. The Hall–Kier alpha value is -1.62. The largest absolute Gasteiger partial charge is 0.478 e. The van der Waals surface area contributed by atoms with Crippen molar-refractivity contribution in [3.05, 3.63) is 29.6 Å². The molecule has 0 radical (unpaired) electrons. The summed E-state index contributed by atoms with van der Waals surface area (Å²) in [6.07, 6.45) is 1.18. The van der Waals surface area contributed by atoms with Gasteiger partial charge in [0.05, 0.1) is 11.8 Å². The van der Waals surface area contributed by atoms with E-state index in [1.165, 1.54) is 6.07 Å². The highest BCUT2D eigenvalue weighted by Crippen LogP contribution is 2.28. The summed E-state index contributed by atoms with van der Waals surface area (Å²) in [6, 6.07) is 4.14. The Morgan fingerprint density at radius 1 is 1.47 bits per heavy atom. The van der Waals surface area contributed by atoms with Gasteiger partial charge in [0.15, 0.2) is 0 Å². The molecule has 1 saturated carbocycles. The van der Waals surface area contributed by atoms with Gasteiger partial charge in [0, 0.05) is 6.54 Å². The normalized spacial score (nSPS) is 22.9. The fourth-order valence-electron chi connectivity index (χ4n) is 2.01. The van der Waals surface area contributed by atoms with E-state index in [0.717, 1.165) is 6.07 Å². The van der Waals surface area contributed by atoms with Crippen molar-refractivity contribution in [3.63, 3.8) is 0 Å². The zero-order valence-corrected chi connectivity index (χ0v) is 9.19. The van der Waals surface area contributed by atoms with Crippen LogP contribution in [0.4, 0.5) is 10.1 Å². The SMILES string of the molecule is O=C(O)c1c(F)cccc1NCC1CC(O)C1. The topological polar surface area (TPSA) is 69.6 Å². The number of hydrogen-bond acceptors (Lipinski definition) is 3. The molecule has 4 nitrogen and oxygen atoms in total. The van der Waals surface area contributed by atoms with Crippen molar-refractivity contribution in [1.29, 1.82) is 0 Å². The monoisotopic (exact) mass is 239 g/mol. The third kappa shape index (κ3) is 2.55. The number of anilines is 1. The Bertz CT molecular complexity index is 430. The molecule has 1 aromatic carbocycles. The van der Waals surface area contributed by atoms with Crippen LogP contribution < -0.4 is 5.32 Å². The molecule has 0 bridgehead atoms. The van der Waals surface area contributed by atoms with Crippen molar-refractivity contribution in [2.24, 2.45) is 5.92 Å². The van der Waals surface area contributed by atoms with E-state index in [2.05, 4.69) is 5.32 Å². The molecular weight excluding hydrogens is 225 g/mol. The average molecular weight is 239 g/mol.